The number of ether oxygens (including phenoxy) is 2. The molecular weight excluding hydrogens is 244 g/mol. The molecule has 0 aromatic heterocycles. The Morgan fingerprint density at radius 1 is 1.41 bits per heavy atom. The molecule has 0 aliphatic carbocycles. The molecule has 4 nitrogen and oxygen atoms in total. The van der Waals surface area contributed by atoms with E-state index in [1.54, 1.807) is 24.3 Å². The van der Waals surface area contributed by atoms with E-state index in [1.807, 2.05) is 0 Å². The molecule has 2 rings (SSSR count). The van der Waals surface area contributed by atoms with Crippen LogP contribution in [0, 0.1) is 5.92 Å². The molecule has 17 heavy (non-hydrogen) atoms. The Labute approximate surface area is 103 Å². The Morgan fingerprint density at radius 3 is 2.65 bits per heavy atom. The van der Waals surface area contributed by atoms with Gasteiger partial charge in [-0.1, -0.05) is 23.7 Å². The highest BCUT2D eigenvalue weighted by Gasteiger charge is 2.41. The molecule has 1 aliphatic heterocycles. The van der Waals surface area contributed by atoms with E-state index < -0.39 is 18.0 Å². The molecule has 1 heterocycles. The second-order valence-corrected chi connectivity index (χ2v) is 4.23. The normalized spacial score (nSPS) is 23.3. The molecule has 1 aromatic rings. The lowest BCUT2D eigenvalue weighted by atomic mass is 9.95. The van der Waals surface area contributed by atoms with Gasteiger partial charge >= 0.3 is 11.9 Å². The molecule has 0 amide bonds. The Bertz CT molecular complexity index is 440. The van der Waals surface area contributed by atoms with Crippen LogP contribution in [0.25, 0.3) is 0 Å². The zero-order valence-corrected chi connectivity index (χ0v) is 9.94. The average molecular weight is 255 g/mol. The minimum Gasteiger partial charge on any atom is -0.469 e. The summed E-state index contributed by atoms with van der Waals surface area (Å²) in [5, 5.41) is 0.590. The van der Waals surface area contributed by atoms with E-state index in [9.17, 15) is 9.59 Å². The van der Waals surface area contributed by atoms with Crippen molar-refractivity contribution in [2.75, 3.05) is 7.11 Å². The summed E-state index contributed by atoms with van der Waals surface area (Å²) in [5.41, 5.74) is 0.746. The highest BCUT2D eigenvalue weighted by Crippen LogP contribution is 2.36. The van der Waals surface area contributed by atoms with Crippen LogP contribution in [0.5, 0.6) is 0 Å². The summed E-state index contributed by atoms with van der Waals surface area (Å²) < 4.78 is 9.80. The third kappa shape index (κ3) is 2.42. The SMILES string of the molecule is COC(=O)[C@H]1CC(=O)O[C@@H]1c1ccc(Cl)cc1. The number of cyclic esters (lactones) is 1. The number of methoxy groups -OCH3 is 1. The molecule has 0 N–H and O–H groups in total. The van der Waals surface area contributed by atoms with Crippen molar-refractivity contribution in [3.05, 3.63) is 34.9 Å². The first-order chi connectivity index (χ1) is 8.11. The minimum absolute atomic E-state index is 0.0555. The molecule has 0 spiro atoms. The van der Waals surface area contributed by atoms with Crippen molar-refractivity contribution < 1.29 is 19.1 Å². The van der Waals surface area contributed by atoms with E-state index in [2.05, 4.69) is 4.74 Å². The molecule has 1 saturated heterocycles. The van der Waals surface area contributed by atoms with E-state index in [-0.39, 0.29) is 12.4 Å². The second-order valence-electron chi connectivity index (χ2n) is 3.80. The van der Waals surface area contributed by atoms with Crippen LogP contribution < -0.4 is 0 Å². The summed E-state index contributed by atoms with van der Waals surface area (Å²) in [4.78, 5) is 22.8. The van der Waals surface area contributed by atoms with Gasteiger partial charge in [0, 0.05) is 5.02 Å². The molecule has 5 heteroatoms. The highest BCUT2D eigenvalue weighted by molar-refractivity contribution is 6.30. The van der Waals surface area contributed by atoms with Gasteiger partial charge in [-0.15, -0.1) is 0 Å². The Kier molecular flexibility index (Phi) is 3.33. The number of esters is 2. The van der Waals surface area contributed by atoms with Crippen LogP contribution in [-0.2, 0) is 19.1 Å². The van der Waals surface area contributed by atoms with Crippen molar-refractivity contribution in [2.24, 2.45) is 5.92 Å². The van der Waals surface area contributed by atoms with Crippen molar-refractivity contribution in [2.45, 2.75) is 12.5 Å². The summed E-state index contributed by atoms with van der Waals surface area (Å²) in [6.07, 6.45) is -0.521. The van der Waals surface area contributed by atoms with E-state index in [0.29, 0.717) is 5.02 Å². The molecule has 0 saturated carbocycles. The van der Waals surface area contributed by atoms with Gasteiger partial charge in [-0.3, -0.25) is 9.59 Å². The number of carbonyl (C=O) groups is 2. The van der Waals surface area contributed by atoms with Gasteiger partial charge in [0.25, 0.3) is 0 Å². The van der Waals surface area contributed by atoms with E-state index in [1.165, 1.54) is 7.11 Å². The number of rotatable bonds is 2. The zero-order chi connectivity index (χ0) is 12.4. The molecule has 1 fully saturated rings. The maximum absolute atomic E-state index is 11.5. The molecule has 1 aliphatic rings. The first-order valence-electron chi connectivity index (χ1n) is 5.14. The first kappa shape index (κ1) is 11.9. The van der Waals surface area contributed by atoms with Gasteiger partial charge in [0.15, 0.2) is 0 Å². The van der Waals surface area contributed by atoms with Crippen LogP contribution in [0.15, 0.2) is 24.3 Å². The maximum Gasteiger partial charge on any atom is 0.313 e. The van der Waals surface area contributed by atoms with Crippen LogP contribution in [-0.4, -0.2) is 19.0 Å². The van der Waals surface area contributed by atoms with Crippen LogP contribution in [0.3, 0.4) is 0 Å². The summed E-state index contributed by atoms with van der Waals surface area (Å²) in [6, 6.07) is 6.86. The fourth-order valence-corrected chi connectivity index (χ4v) is 2.00. The van der Waals surface area contributed by atoms with Gasteiger partial charge in [-0.2, -0.15) is 0 Å². The molecule has 0 radical (unpaired) electrons. The molecule has 0 bridgehead atoms. The number of hydrogen-bond donors (Lipinski definition) is 0. The summed E-state index contributed by atoms with van der Waals surface area (Å²) in [6.45, 7) is 0. The van der Waals surface area contributed by atoms with Crippen molar-refractivity contribution in [3.8, 4) is 0 Å². The van der Waals surface area contributed by atoms with Crippen LogP contribution in [0.4, 0.5) is 0 Å². The second kappa shape index (κ2) is 4.75. The summed E-state index contributed by atoms with van der Waals surface area (Å²) >= 11 is 5.77. The minimum atomic E-state index is -0.577. The van der Waals surface area contributed by atoms with Crippen molar-refractivity contribution in [1.82, 2.24) is 0 Å². The highest BCUT2D eigenvalue weighted by atomic mass is 35.5. The molecule has 0 unspecified atom stereocenters. The van der Waals surface area contributed by atoms with Gasteiger partial charge in [0.1, 0.15) is 12.0 Å². The number of halogens is 1. The van der Waals surface area contributed by atoms with Crippen LogP contribution >= 0.6 is 11.6 Å². The number of benzene rings is 1. The number of carbonyl (C=O) groups excluding carboxylic acids is 2. The fourth-order valence-electron chi connectivity index (χ4n) is 1.87. The molecule has 2 atom stereocenters. The maximum atomic E-state index is 11.5. The van der Waals surface area contributed by atoms with Crippen molar-refractivity contribution >= 4 is 23.5 Å². The molecule has 90 valence electrons. The third-order valence-electron chi connectivity index (χ3n) is 2.71. The first-order valence-corrected chi connectivity index (χ1v) is 5.52. The lowest BCUT2D eigenvalue weighted by Gasteiger charge is -2.15. The predicted molar refractivity (Wildman–Crippen MR) is 60.4 cm³/mol. The third-order valence-corrected chi connectivity index (χ3v) is 2.96. The van der Waals surface area contributed by atoms with Crippen molar-refractivity contribution in [1.29, 1.82) is 0 Å². The monoisotopic (exact) mass is 254 g/mol. The van der Waals surface area contributed by atoms with Crippen molar-refractivity contribution in [3.63, 3.8) is 0 Å². The molecular formula is C12H11ClO4. The smallest absolute Gasteiger partial charge is 0.313 e. The quantitative estimate of drug-likeness (QED) is 0.759. The van der Waals surface area contributed by atoms with Gasteiger partial charge < -0.3 is 9.47 Å². The average Bonchev–Trinajstić information content (AvgIpc) is 2.71. The van der Waals surface area contributed by atoms with E-state index >= 15 is 0 Å². The number of hydrogen-bond acceptors (Lipinski definition) is 4. The van der Waals surface area contributed by atoms with E-state index in [0.717, 1.165) is 5.56 Å². The van der Waals surface area contributed by atoms with Crippen LogP contribution in [0.2, 0.25) is 5.02 Å². The standard InChI is InChI=1S/C12H11ClO4/c1-16-12(15)9-6-10(14)17-11(9)7-2-4-8(13)5-3-7/h2-5,9,11H,6H2,1H3/t9-,11+/m0/s1. The fraction of sp³-hybridized carbons (Fsp3) is 0.333. The van der Waals surface area contributed by atoms with E-state index in [4.69, 9.17) is 16.3 Å². The Hall–Kier alpha value is -1.55. The zero-order valence-electron chi connectivity index (χ0n) is 9.18. The Morgan fingerprint density at radius 2 is 2.06 bits per heavy atom. The predicted octanol–water partition coefficient (Wildman–Crippen LogP) is 2.12. The van der Waals surface area contributed by atoms with Crippen LogP contribution in [0.1, 0.15) is 18.1 Å². The lowest BCUT2D eigenvalue weighted by molar-refractivity contribution is -0.147. The van der Waals surface area contributed by atoms with Gasteiger partial charge in [-0.05, 0) is 17.7 Å². The van der Waals surface area contributed by atoms with Gasteiger partial charge in [0.2, 0.25) is 0 Å². The van der Waals surface area contributed by atoms with Gasteiger partial charge in [0.05, 0.1) is 13.5 Å². The molecule has 1 aromatic carbocycles. The largest absolute Gasteiger partial charge is 0.469 e. The summed E-state index contributed by atoms with van der Waals surface area (Å²) in [5.74, 6) is -1.40. The topological polar surface area (TPSA) is 52.6 Å². The Balaban J connectivity index is 2.26. The lowest BCUT2D eigenvalue weighted by Crippen LogP contribution is -2.19. The van der Waals surface area contributed by atoms with Gasteiger partial charge in [-0.25, -0.2) is 0 Å². The summed E-state index contributed by atoms with van der Waals surface area (Å²) in [7, 11) is 1.30.